The molecule has 1 N–H and O–H groups in total. The van der Waals surface area contributed by atoms with Crippen LogP contribution < -0.4 is 15.5 Å². The normalized spacial score (nSPS) is 16.8. The molecule has 0 amide bonds. The summed E-state index contributed by atoms with van der Waals surface area (Å²) in [4.78, 5) is 36.4. The summed E-state index contributed by atoms with van der Waals surface area (Å²) in [7, 11) is 3.65. The lowest BCUT2D eigenvalue weighted by molar-refractivity contribution is 0.565. The molecule has 0 radical (unpaired) electrons. The number of nitrogens with one attached hydrogen (secondary N) is 1. The third-order valence-electron chi connectivity index (χ3n) is 5.28. The van der Waals surface area contributed by atoms with Gasteiger partial charge < -0.3 is 14.9 Å². The van der Waals surface area contributed by atoms with Gasteiger partial charge in [0.05, 0.1) is 28.3 Å². The number of anilines is 1. The van der Waals surface area contributed by atoms with Crippen LogP contribution >= 0.6 is 11.6 Å². The molecule has 1 saturated heterocycles. The van der Waals surface area contributed by atoms with Gasteiger partial charge in [-0.1, -0.05) is 17.7 Å². The number of rotatable bonds is 3. The summed E-state index contributed by atoms with van der Waals surface area (Å²) in [6.45, 7) is 0.798. The van der Waals surface area contributed by atoms with E-state index in [9.17, 15) is 4.79 Å². The zero-order chi connectivity index (χ0) is 20.1. The minimum atomic E-state index is -0.179. The number of hydrogen-bond acceptors (Lipinski definition) is 7. The van der Waals surface area contributed by atoms with Crippen LogP contribution in [0.15, 0.2) is 35.6 Å². The van der Waals surface area contributed by atoms with Crippen LogP contribution in [0.2, 0.25) is 5.02 Å². The number of nitrogens with zero attached hydrogens (tertiary/aromatic N) is 7. The van der Waals surface area contributed by atoms with E-state index in [1.807, 2.05) is 26.2 Å². The Morgan fingerprint density at radius 3 is 2.93 bits per heavy atom. The molecule has 1 unspecified atom stereocenters. The van der Waals surface area contributed by atoms with Crippen molar-refractivity contribution in [1.82, 2.24) is 29.6 Å². The molecule has 1 fully saturated rings. The van der Waals surface area contributed by atoms with Crippen LogP contribution in [0, 0.1) is 0 Å². The fraction of sp³-hybridized carbons (Fsp3) is 0.316. The number of fused-ring (bicyclic) bond motifs is 2. The van der Waals surface area contributed by atoms with Crippen molar-refractivity contribution >= 4 is 39.5 Å². The predicted octanol–water partition coefficient (Wildman–Crippen LogP) is 2.26. The Labute approximate surface area is 171 Å². The van der Waals surface area contributed by atoms with E-state index in [2.05, 4.69) is 24.8 Å². The topological polar surface area (TPSA) is 95.8 Å². The second-order valence-electron chi connectivity index (χ2n) is 7.22. The molecule has 1 aliphatic heterocycles. The maximum absolute atomic E-state index is 13.3. The monoisotopic (exact) mass is 410 g/mol. The fourth-order valence-corrected chi connectivity index (χ4v) is 4.31. The van der Waals surface area contributed by atoms with E-state index in [-0.39, 0.29) is 11.6 Å². The van der Waals surface area contributed by atoms with E-state index in [1.54, 1.807) is 22.1 Å². The number of H-pyrrole nitrogens is 1. The maximum atomic E-state index is 13.3. The summed E-state index contributed by atoms with van der Waals surface area (Å²) < 4.78 is 1.60. The second-order valence-corrected chi connectivity index (χ2v) is 7.63. The van der Waals surface area contributed by atoms with Crippen LogP contribution in [-0.2, 0) is 0 Å². The molecular weight excluding hydrogens is 392 g/mol. The Kier molecular flexibility index (Phi) is 4.13. The van der Waals surface area contributed by atoms with E-state index in [4.69, 9.17) is 16.6 Å². The van der Waals surface area contributed by atoms with E-state index in [0.717, 1.165) is 30.7 Å². The predicted molar refractivity (Wildman–Crippen MR) is 112 cm³/mol. The summed E-state index contributed by atoms with van der Waals surface area (Å²) in [6.07, 6.45) is 4.94. The summed E-state index contributed by atoms with van der Waals surface area (Å²) in [6, 6.07) is 5.23. The van der Waals surface area contributed by atoms with E-state index in [0.29, 0.717) is 27.4 Å². The highest BCUT2D eigenvalue weighted by molar-refractivity contribution is 6.35. The quantitative estimate of drug-likeness (QED) is 0.553. The van der Waals surface area contributed by atoms with E-state index >= 15 is 0 Å². The van der Waals surface area contributed by atoms with Crippen molar-refractivity contribution in [3.05, 3.63) is 52.1 Å². The summed E-state index contributed by atoms with van der Waals surface area (Å²) >= 11 is 6.32. The van der Waals surface area contributed by atoms with Gasteiger partial charge in [-0.25, -0.2) is 24.6 Å². The molecule has 0 saturated carbocycles. The zero-order valence-corrected chi connectivity index (χ0v) is 16.8. The van der Waals surface area contributed by atoms with Gasteiger partial charge in [-0.05, 0) is 25.0 Å². The Morgan fingerprint density at radius 2 is 2.10 bits per heavy atom. The van der Waals surface area contributed by atoms with Gasteiger partial charge in [0.1, 0.15) is 11.8 Å². The molecule has 3 aromatic heterocycles. The fourth-order valence-electron chi connectivity index (χ4n) is 4.06. The average molecular weight is 411 g/mol. The smallest absolute Gasteiger partial charge is 0.281 e. The molecule has 1 aliphatic rings. The van der Waals surface area contributed by atoms with Gasteiger partial charge in [-0.15, -0.1) is 0 Å². The van der Waals surface area contributed by atoms with Crippen molar-refractivity contribution in [2.24, 2.45) is 0 Å². The van der Waals surface area contributed by atoms with Gasteiger partial charge in [0.15, 0.2) is 17.3 Å². The minimum absolute atomic E-state index is 0.116. The Hall–Kier alpha value is -3.20. The highest BCUT2D eigenvalue weighted by Crippen LogP contribution is 2.36. The number of aromatic nitrogens is 6. The number of halogens is 1. The molecule has 1 aromatic carbocycles. The lowest BCUT2D eigenvalue weighted by Gasteiger charge is -2.29. The maximum Gasteiger partial charge on any atom is 0.281 e. The van der Waals surface area contributed by atoms with Gasteiger partial charge in [0.2, 0.25) is 0 Å². The first-order valence-corrected chi connectivity index (χ1v) is 9.73. The number of benzene rings is 1. The second kappa shape index (κ2) is 6.70. The SMILES string of the molecule is CN(C)n1c(C2CCCN2c2ncnc3nc[nH]c23)nc2cccc(Cl)c2c1=O. The van der Waals surface area contributed by atoms with Crippen molar-refractivity contribution in [3.63, 3.8) is 0 Å². The van der Waals surface area contributed by atoms with Gasteiger partial charge in [0, 0.05) is 20.6 Å². The highest BCUT2D eigenvalue weighted by atomic mass is 35.5. The van der Waals surface area contributed by atoms with Crippen LogP contribution in [0.25, 0.3) is 22.1 Å². The van der Waals surface area contributed by atoms with Gasteiger partial charge in [-0.3, -0.25) is 4.79 Å². The van der Waals surface area contributed by atoms with Gasteiger partial charge >= 0.3 is 0 Å². The average Bonchev–Trinajstić information content (AvgIpc) is 3.36. The molecular formula is C19H19ClN8O. The van der Waals surface area contributed by atoms with Crippen molar-refractivity contribution < 1.29 is 0 Å². The molecule has 0 aliphatic carbocycles. The molecule has 0 spiro atoms. The molecule has 4 aromatic rings. The van der Waals surface area contributed by atoms with E-state index < -0.39 is 0 Å². The third kappa shape index (κ3) is 2.72. The first-order chi connectivity index (χ1) is 14.1. The molecule has 10 heteroatoms. The minimum Gasteiger partial charge on any atom is -0.344 e. The summed E-state index contributed by atoms with van der Waals surface area (Å²) in [5, 5.41) is 2.57. The molecule has 1 atom stereocenters. The van der Waals surface area contributed by atoms with Crippen LogP contribution in [0.4, 0.5) is 5.82 Å². The molecule has 4 heterocycles. The molecule has 9 nitrogen and oxygen atoms in total. The Balaban J connectivity index is 1.73. The lowest BCUT2D eigenvalue weighted by atomic mass is 10.1. The highest BCUT2D eigenvalue weighted by Gasteiger charge is 2.33. The number of aromatic amines is 1. The van der Waals surface area contributed by atoms with E-state index in [1.165, 1.54) is 6.33 Å². The largest absolute Gasteiger partial charge is 0.344 e. The van der Waals surface area contributed by atoms with Crippen molar-refractivity contribution in [3.8, 4) is 0 Å². The van der Waals surface area contributed by atoms with Gasteiger partial charge in [-0.2, -0.15) is 0 Å². The van der Waals surface area contributed by atoms with Crippen molar-refractivity contribution in [2.45, 2.75) is 18.9 Å². The first-order valence-electron chi connectivity index (χ1n) is 9.36. The first kappa shape index (κ1) is 17.9. The summed E-state index contributed by atoms with van der Waals surface area (Å²) in [5.74, 6) is 1.43. The van der Waals surface area contributed by atoms with Crippen molar-refractivity contribution in [2.75, 3.05) is 30.5 Å². The van der Waals surface area contributed by atoms with Crippen molar-refractivity contribution in [1.29, 1.82) is 0 Å². The third-order valence-corrected chi connectivity index (χ3v) is 5.59. The number of hydrogen-bond donors (Lipinski definition) is 1. The van der Waals surface area contributed by atoms with Crippen LogP contribution in [0.3, 0.4) is 0 Å². The Morgan fingerprint density at radius 1 is 1.24 bits per heavy atom. The number of imidazole rings is 1. The van der Waals surface area contributed by atoms with Crippen LogP contribution in [-0.4, -0.2) is 50.2 Å². The molecule has 5 rings (SSSR count). The van der Waals surface area contributed by atoms with Gasteiger partial charge in [0.25, 0.3) is 5.56 Å². The lowest BCUT2D eigenvalue weighted by Crippen LogP contribution is -2.42. The molecule has 0 bridgehead atoms. The Bertz CT molecular complexity index is 1280. The molecule has 29 heavy (non-hydrogen) atoms. The zero-order valence-electron chi connectivity index (χ0n) is 16.0. The summed E-state index contributed by atoms with van der Waals surface area (Å²) in [5.41, 5.74) is 1.81. The standard InChI is InChI=1S/C19H19ClN8O/c1-26(2)28-17(25-12-6-3-5-11(20)14(12)19(28)29)13-7-4-8-27(13)18-15-16(22-9-21-15)23-10-24-18/h3,5-6,9-10,13H,4,7-8H2,1-2H3,(H,21,22,23,24). The van der Waals surface area contributed by atoms with Crippen LogP contribution in [0.1, 0.15) is 24.7 Å². The molecule has 148 valence electrons. The van der Waals surface area contributed by atoms with Crippen LogP contribution in [0.5, 0.6) is 0 Å².